The molecular weight excluding hydrogens is 398 g/mol. The highest BCUT2D eigenvalue weighted by Gasteiger charge is 2.64. The number of β-lactam (4-membered cyclic amide) rings is 1. The zero-order valence-corrected chi connectivity index (χ0v) is 18.0. The monoisotopic (exact) mass is 427 g/mol. The Hall–Kier alpha value is -1.97. The smallest absolute Gasteiger partial charge is 0.435 e. The van der Waals surface area contributed by atoms with E-state index in [0.717, 1.165) is 25.9 Å². The molecule has 3 fully saturated rings. The van der Waals surface area contributed by atoms with Crippen LogP contribution < -0.4 is 0 Å². The number of thioether (sulfide) groups is 1. The Bertz CT molecular complexity index is 662. The van der Waals surface area contributed by atoms with Gasteiger partial charge in [-0.2, -0.15) is 0 Å². The average molecular weight is 428 g/mol. The molecule has 29 heavy (non-hydrogen) atoms. The molecule has 0 aromatic rings. The van der Waals surface area contributed by atoms with Gasteiger partial charge in [0.1, 0.15) is 11.4 Å². The second kappa shape index (κ2) is 9.23. The van der Waals surface area contributed by atoms with E-state index in [1.165, 1.54) is 12.8 Å². The zero-order chi connectivity index (χ0) is 21.0. The lowest BCUT2D eigenvalue weighted by Crippen LogP contribution is -2.65. The van der Waals surface area contributed by atoms with Crippen LogP contribution in [0.2, 0.25) is 0 Å². The molecule has 3 heterocycles. The predicted octanol–water partition coefficient (Wildman–Crippen LogP) is 2.00. The van der Waals surface area contributed by atoms with Crippen LogP contribution in [0.25, 0.3) is 0 Å². The van der Waals surface area contributed by atoms with Gasteiger partial charge in [-0.15, -0.1) is 11.8 Å². The van der Waals surface area contributed by atoms with Crippen molar-refractivity contribution in [2.24, 2.45) is 4.99 Å². The third kappa shape index (κ3) is 4.79. The molecule has 0 N–H and O–H groups in total. The molecule has 0 spiro atoms. The number of aliphatic imine (C=N–C) groups is 1. The molecule has 3 aliphatic heterocycles. The Balaban J connectivity index is 1.57. The molecule has 3 atom stereocenters. The van der Waals surface area contributed by atoms with E-state index in [1.807, 2.05) is 13.8 Å². The molecule has 3 saturated heterocycles. The van der Waals surface area contributed by atoms with Gasteiger partial charge in [0, 0.05) is 17.8 Å². The molecule has 162 valence electrons. The van der Waals surface area contributed by atoms with Crippen molar-refractivity contribution in [1.82, 2.24) is 9.80 Å². The van der Waals surface area contributed by atoms with Crippen molar-refractivity contribution in [3.8, 4) is 0 Å². The molecule has 0 aromatic carbocycles. The minimum Gasteiger partial charge on any atom is -0.435 e. The Morgan fingerprint density at radius 1 is 1.17 bits per heavy atom. The predicted molar refractivity (Wildman–Crippen MR) is 107 cm³/mol. The average Bonchev–Trinajstić information content (AvgIpc) is 2.81. The fourth-order valence-corrected chi connectivity index (χ4v) is 5.48. The van der Waals surface area contributed by atoms with Crippen molar-refractivity contribution in [2.75, 3.05) is 26.5 Å². The van der Waals surface area contributed by atoms with Gasteiger partial charge in [0.05, 0.1) is 12.9 Å². The lowest BCUT2D eigenvalue weighted by atomic mass is 9.96. The topological polar surface area (TPSA) is 97.7 Å². The van der Waals surface area contributed by atoms with Crippen LogP contribution in [0.5, 0.6) is 0 Å². The summed E-state index contributed by atoms with van der Waals surface area (Å²) in [6.07, 6.45) is 5.65. The lowest BCUT2D eigenvalue weighted by Gasteiger charge is -2.41. The first-order valence-electron chi connectivity index (χ1n) is 10.1. The zero-order valence-electron chi connectivity index (χ0n) is 17.2. The van der Waals surface area contributed by atoms with Crippen LogP contribution in [-0.2, 0) is 23.8 Å². The number of ether oxygens (including phenoxy) is 3. The number of hydrogen-bond donors (Lipinski definition) is 0. The summed E-state index contributed by atoms with van der Waals surface area (Å²) in [7, 11) is 0. The number of hydrogen-bond acceptors (Lipinski definition) is 8. The van der Waals surface area contributed by atoms with Gasteiger partial charge in [0.2, 0.25) is 6.79 Å². The largest absolute Gasteiger partial charge is 0.511 e. The Morgan fingerprint density at radius 3 is 2.52 bits per heavy atom. The fourth-order valence-electron chi connectivity index (χ4n) is 3.86. The second-order valence-electron chi connectivity index (χ2n) is 7.83. The van der Waals surface area contributed by atoms with Crippen molar-refractivity contribution >= 4 is 36.1 Å². The van der Waals surface area contributed by atoms with Gasteiger partial charge in [-0.1, -0.05) is 12.8 Å². The van der Waals surface area contributed by atoms with Crippen molar-refractivity contribution in [3.05, 3.63) is 0 Å². The van der Waals surface area contributed by atoms with Gasteiger partial charge in [-0.25, -0.2) is 9.59 Å². The van der Waals surface area contributed by atoms with Gasteiger partial charge < -0.3 is 24.0 Å². The first kappa shape index (κ1) is 21.7. The first-order chi connectivity index (χ1) is 13.8. The number of carbonyl (C=O) groups excluding carboxylic acids is 3. The summed E-state index contributed by atoms with van der Waals surface area (Å²) in [5, 5.41) is -0.191. The first-order valence-corrected chi connectivity index (χ1v) is 11.0. The van der Waals surface area contributed by atoms with Crippen molar-refractivity contribution < 1.29 is 28.6 Å². The van der Waals surface area contributed by atoms with Gasteiger partial charge in [-0.3, -0.25) is 9.79 Å². The molecule has 0 aliphatic carbocycles. The molecule has 0 aromatic heterocycles. The van der Waals surface area contributed by atoms with Crippen LogP contribution in [0, 0.1) is 0 Å². The number of nitrogens with zero attached hydrogens (tertiary/aromatic N) is 3. The van der Waals surface area contributed by atoms with Crippen LogP contribution in [0.15, 0.2) is 4.99 Å². The maximum Gasteiger partial charge on any atom is 0.511 e. The van der Waals surface area contributed by atoms with Crippen molar-refractivity contribution in [2.45, 2.75) is 68.7 Å². The summed E-state index contributed by atoms with van der Waals surface area (Å²) in [5.74, 6) is -0.773. The van der Waals surface area contributed by atoms with Crippen LogP contribution in [-0.4, -0.2) is 82.9 Å². The van der Waals surface area contributed by atoms with E-state index in [9.17, 15) is 14.4 Å². The minimum absolute atomic E-state index is 0.169. The maximum absolute atomic E-state index is 12.7. The summed E-state index contributed by atoms with van der Waals surface area (Å²) in [4.78, 5) is 44.7. The SMILES string of the molecule is CCOC(=O)OCOC(=O)[C@@H]1N2C(=O)[C@@H](N=CN3CCCCCC3)[C@H]2SC1(C)C. The highest BCUT2D eigenvalue weighted by atomic mass is 32.2. The summed E-state index contributed by atoms with van der Waals surface area (Å²) in [6, 6.07) is -1.23. The highest BCUT2D eigenvalue weighted by Crippen LogP contribution is 2.51. The molecule has 9 nitrogen and oxygen atoms in total. The third-order valence-electron chi connectivity index (χ3n) is 5.31. The highest BCUT2D eigenvalue weighted by molar-refractivity contribution is 8.01. The number of likely N-dealkylation sites (tertiary alicyclic amines) is 1. The lowest BCUT2D eigenvalue weighted by molar-refractivity contribution is -0.169. The fraction of sp³-hybridized carbons (Fsp3) is 0.789. The van der Waals surface area contributed by atoms with E-state index in [0.29, 0.717) is 0 Å². The number of amides is 1. The Labute approximate surface area is 175 Å². The molecule has 0 unspecified atom stereocenters. The van der Waals surface area contributed by atoms with Crippen molar-refractivity contribution in [3.63, 3.8) is 0 Å². The number of esters is 1. The summed E-state index contributed by atoms with van der Waals surface area (Å²) in [5.41, 5.74) is 0. The van der Waals surface area contributed by atoms with Crippen molar-refractivity contribution in [1.29, 1.82) is 0 Å². The summed E-state index contributed by atoms with van der Waals surface area (Å²) < 4.78 is 13.8. The Kier molecular flexibility index (Phi) is 6.92. The van der Waals surface area contributed by atoms with Gasteiger partial charge in [-0.05, 0) is 33.6 Å². The van der Waals surface area contributed by atoms with E-state index >= 15 is 0 Å². The van der Waals surface area contributed by atoms with Crippen LogP contribution in [0.3, 0.4) is 0 Å². The Morgan fingerprint density at radius 2 is 1.86 bits per heavy atom. The van der Waals surface area contributed by atoms with Crippen LogP contribution in [0.4, 0.5) is 4.79 Å². The molecule has 3 aliphatic rings. The molecular formula is C19H29N3O6S. The molecule has 1 amide bonds. The molecule has 0 radical (unpaired) electrons. The maximum atomic E-state index is 12.7. The van der Waals surface area contributed by atoms with E-state index in [2.05, 4.69) is 19.4 Å². The number of fused-ring (bicyclic) bond motifs is 1. The van der Waals surface area contributed by atoms with E-state index in [4.69, 9.17) is 4.74 Å². The van der Waals surface area contributed by atoms with E-state index < -0.39 is 35.7 Å². The number of carbonyl (C=O) groups is 3. The quantitative estimate of drug-likeness (QED) is 0.209. The van der Waals surface area contributed by atoms with Crippen LogP contribution >= 0.6 is 11.8 Å². The second-order valence-corrected chi connectivity index (χ2v) is 9.60. The summed E-state index contributed by atoms with van der Waals surface area (Å²) in [6.45, 7) is 7.00. The molecule has 0 bridgehead atoms. The van der Waals surface area contributed by atoms with E-state index in [-0.39, 0.29) is 17.9 Å². The van der Waals surface area contributed by atoms with Gasteiger partial charge in [0.15, 0.2) is 6.04 Å². The summed E-state index contributed by atoms with van der Waals surface area (Å²) >= 11 is 1.54. The molecule has 3 rings (SSSR count). The molecule has 10 heteroatoms. The third-order valence-corrected chi connectivity index (χ3v) is 6.86. The normalized spacial score (nSPS) is 28.5. The van der Waals surface area contributed by atoms with Crippen LogP contribution in [0.1, 0.15) is 46.5 Å². The van der Waals surface area contributed by atoms with Gasteiger partial charge >= 0.3 is 12.1 Å². The van der Waals surface area contributed by atoms with Gasteiger partial charge in [0.25, 0.3) is 5.91 Å². The number of rotatable bonds is 6. The standard InChI is InChI=1S/C19H29N3O6S/c1-4-26-18(25)28-12-27-17(24)14-19(2,3)29-16-13(15(23)22(14)16)20-11-21-9-7-5-6-8-10-21/h11,13-14,16H,4-10,12H2,1-3H3/t13-,14+,16-/m1/s1. The van der Waals surface area contributed by atoms with E-state index in [1.54, 1.807) is 29.9 Å². The minimum atomic E-state index is -0.902. The molecule has 0 saturated carbocycles.